The molecule has 0 aliphatic carbocycles. The number of fused-ring (bicyclic) bond motifs is 1. The Hall–Kier alpha value is -3.49. The molecule has 31 heavy (non-hydrogen) atoms. The fourth-order valence-electron chi connectivity index (χ4n) is 3.82. The zero-order valence-electron chi connectivity index (χ0n) is 17.2. The number of carbonyl (C=O) groups is 1. The smallest absolute Gasteiger partial charge is 0.408 e. The number of rotatable bonds is 5. The highest BCUT2D eigenvalue weighted by molar-refractivity contribution is 6.11. The lowest BCUT2D eigenvalue weighted by Crippen LogP contribution is -2.23. The van der Waals surface area contributed by atoms with E-state index < -0.39 is 12.7 Å². The number of halogens is 3. The second kappa shape index (κ2) is 7.64. The fourth-order valence-corrected chi connectivity index (χ4v) is 3.82. The minimum Gasteiger partial charge on any atom is -0.493 e. The van der Waals surface area contributed by atoms with Gasteiger partial charge in [-0.3, -0.25) is 9.48 Å². The van der Waals surface area contributed by atoms with Crippen molar-refractivity contribution in [2.45, 2.75) is 26.2 Å². The number of alkyl halides is 3. The van der Waals surface area contributed by atoms with Crippen molar-refractivity contribution in [2.75, 3.05) is 19.1 Å². The number of methoxy groups -OCH3 is 2. The van der Waals surface area contributed by atoms with Crippen molar-refractivity contribution in [3.05, 3.63) is 59.4 Å². The number of nitrogens with zero attached hydrogens (tertiary/aromatic N) is 3. The molecule has 0 unspecified atom stereocenters. The number of benzene rings is 2. The molecule has 0 saturated heterocycles. The molecule has 0 N–H and O–H groups in total. The third-order valence-electron chi connectivity index (χ3n) is 5.19. The molecule has 1 amide bonds. The van der Waals surface area contributed by atoms with E-state index in [2.05, 4.69) is 5.10 Å². The predicted octanol–water partition coefficient (Wildman–Crippen LogP) is 4.60. The van der Waals surface area contributed by atoms with Crippen molar-refractivity contribution in [1.29, 1.82) is 0 Å². The minimum absolute atomic E-state index is 0.252. The average molecular weight is 431 g/mol. The molecule has 0 radical (unpaired) electrons. The highest BCUT2D eigenvalue weighted by atomic mass is 19.4. The third-order valence-corrected chi connectivity index (χ3v) is 5.19. The van der Waals surface area contributed by atoms with E-state index in [1.54, 1.807) is 14.2 Å². The molecule has 1 aliphatic rings. The lowest BCUT2D eigenvalue weighted by atomic mass is 9.96. The highest BCUT2D eigenvalue weighted by Crippen LogP contribution is 2.37. The summed E-state index contributed by atoms with van der Waals surface area (Å²) in [7, 11) is 3.12. The summed E-state index contributed by atoms with van der Waals surface area (Å²) in [5.41, 5.74) is 4.29. The molecule has 0 bridgehead atoms. The van der Waals surface area contributed by atoms with Gasteiger partial charge in [-0.05, 0) is 47.4 Å². The van der Waals surface area contributed by atoms with Crippen molar-refractivity contribution in [3.8, 4) is 22.6 Å². The molecule has 0 spiro atoms. The van der Waals surface area contributed by atoms with Crippen molar-refractivity contribution in [3.63, 3.8) is 0 Å². The lowest BCUT2D eigenvalue weighted by molar-refractivity contribution is -0.142. The molecule has 2 heterocycles. The van der Waals surface area contributed by atoms with Gasteiger partial charge in [0.05, 0.1) is 32.6 Å². The molecule has 0 atom stereocenters. The molecule has 9 heteroatoms. The van der Waals surface area contributed by atoms with Crippen molar-refractivity contribution in [2.24, 2.45) is 0 Å². The van der Waals surface area contributed by atoms with Gasteiger partial charge in [-0.1, -0.05) is 12.1 Å². The summed E-state index contributed by atoms with van der Waals surface area (Å²) in [5.74, 6) is 0.951. The van der Waals surface area contributed by atoms with Crippen LogP contribution < -0.4 is 14.4 Å². The molecule has 2 aromatic carbocycles. The Labute approximate surface area is 176 Å². The van der Waals surface area contributed by atoms with Gasteiger partial charge in [0.2, 0.25) is 0 Å². The molecule has 6 nitrogen and oxygen atoms in total. The van der Waals surface area contributed by atoms with E-state index in [0.29, 0.717) is 22.7 Å². The van der Waals surface area contributed by atoms with Crippen LogP contribution in [0.3, 0.4) is 0 Å². The zero-order chi connectivity index (χ0) is 22.3. The minimum atomic E-state index is -4.38. The van der Waals surface area contributed by atoms with E-state index in [1.807, 2.05) is 37.3 Å². The van der Waals surface area contributed by atoms with Gasteiger partial charge in [0, 0.05) is 11.8 Å². The molecular weight excluding hydrogens is 411 g/mol. The maximum Gasteiger partial charge on any atom is 0.408 e. The largest absolute Gasteiger partial charge is 0.493 e. The molecule has 3 aromatic rings. The van der Waals surface area contributed by atoms with Crippen LogP contribution in [0, 0.1) is 6.92 Å². The third kappa shape index (κ3) is 3.95. The summed E-state index contributed by atoms with van der Waals surface area (Å²) >= 11 is 0. The number of anilines is 1. The summed E-state index contributed by atoms with van der Waals surface area (Å²) in [6.45, 7) is 0.899. The second-order valence-corrected chi connectivity index (χ2v) is 7.30. The van der Waals surface area contributed by atoms with Crippen LogP contribution in [-0.4, -0.2) is 36.1 Å². The number of hydrogen-bond donors (Lipinski definition) is 0. The Morgan fingerprint density at radius 1 is 1.06 bits per heavy atom. The molecular formula is C22H20F3N3O3. The summed E-state index contributed by atoms with van der Waals surface area (Å²) < 4.78 is 49.3. The van der Waals surface area contributed by atoms with E-state index in [0.717, 1.165) is 26.9 Å². The van der Waals surface area contributed by atoms with Gasteiger partial charge in [-0.2, -0.15) is 18.3 Å². The van der Waals surface area contributed by atoms with E-state index >= 15 is 0 Å². The first kappa shape index (κ1) is 20.8. The van der Waals surface area contributed by atoms with E-state index in [4.69, 9.17) is 9.47 Å². The first-order valence-electron chi connectivity index (χ1n) is 9.47. The maximum atomic E-state index is 13.0. The summed E-state index contributed by atoms with van der Waals surface area (Å²) in [5, 5.41) is 3.74. The van der Waals surface area contributed by atoms with Crippen LogP contribution >= 0.6 is 0 Å². The van der Waals surface area contributed by atoms with Crippen LogP contribution in [0.5, 0.6) is 11.5 Å². The molecule has 1 aromatic heterocycles. The van der Waals surface area contributed by atoms with Crippen LogP contribution in [0.15, 0.2) is 42.7 Å². The van der Waals surface area contributed by atoms with Gasteiger partial charge >= 0.3 is 6.18 Å². The van der Waals surface area contributed by atoms with Gasteiger partial charge in [0.15, 0.2) is 11.5 Å². The van der Waals surface area contributed by atoms with Gasteiger partial charge in [-0.15, -0.1) is 0 Å². The molecule has 162 valence electrons. The Morgan fingerprint density at radius 3 is 2.48 bits per heavy atom. The van der Waals surface area contributed by atoms with Crippen molar-refractivity contribution >= 4 is 11.6 Å². The average Bonchev–Trinajstić information content (AvgIpc) is 3.30. The van der Waals surface area contributed by atoms with Gasteiger partial charge in [0.1, 0.15) is 6.54 Å². The highest BCUT2D eigenvalue weighted by Gasteiger charge is 2.33. The summed E-state index contributed by atoms with van der Waals surface area (Å²) in [6, 6.07) is 9.40. The zero-order valence-corrected chi connectivity index (χ0v) is 17.2. The predicted molar refractivity (Wildman–Crippen MR) is 109 cm³/mol. The van der Waals surface area contributed by atoms with Crippen LogP contribution in [0.2, 0.25) is 0 Å². The monoisotopic (exact) mass is 431 g/mol. The number of ether oxygens (including phenoxy) is 2. The van der Waals surface area contributed by atoms with E-state index in [-0.39, 0.29) is 12.5 Å². The maximum absolute atomic E-state index is 13.0. The SMILES string of the molecule is COc1ccc(-c2cc(C)c3c(c2)CN(c2cnn(CC(F)(F)F)c2)C3=O)cc1OC. The van der Waals surface area contributed by atoms with Crippen LogP contribution in [0.4, 0.5) is 18.9 Å². The number of hydrogen-bond acceptors (Lipinski definition) is 4. The first-order valence-corrected chi connectivity index (χ1v) is 9.47. The Kier molecular flexibility index (Phi) is 5.12. The molecule has 0 saturated carbocycles. The summed E-state index contributed by atoms with van der Waals surface area (Å²) in [4.78, 5) is 14.4. The molecule has 1 aliphatic heterocycles. The first-order chi connectivity index (χ1) is 14.7. The van der Waals surface area contributed by atoms with Crippen LogP contribution in [-0.2, 0) is 13.1 Å². The quantitative estimate of drug-likeness (QED) is 0.593. The van der Waals surface area contributed by atoms with Crippen LogP contribution in [0.1, 0.15) is 21.5 Å². The number of aryl methyl sites for hydroxylation is 1. The number of amides is 1. The van der Waals surface area contributed by atoms with Crippen molar-refractivity contribution < 1.29 is 27.4 Å². The number of carbonyl (C=O) groups excluding carboxylic acids is 1. The Balaban J connectivity index is 1.66. The van der Waals surface area contributed by atoms with E-state index in [9.17, 15) is 18.0 Å². The van der Waals surface area contributed by atoms with Gasteiger partial charge in [0.25, 0.3) is 5.91 Å². The Morgan fingerprint density at radius 2 is 1.81 bits per heavy atom. The van der Waals surface area contributed by atoms with Crippen molar-refractivity contribution in [1.82, 2.24) is 9.78 Å². The normalized spacial score (nSPS) is 13.5. The molecule has 0 fully saturated rings. The second-order valence-electron chi connectivity index (χ2n) is 7.30. The fraction of sp³-hybridized carbons (Fsp3) is 0.273. The lowest BCUT2D eigenvalue weighted by Gasteiger charge is -2.12. The number of aromatic nitrogens is 2. The topological polar surface area (TPSA) is 56.6 Å². The van der Waals surface area contributed by atoms with Gasteiger partial charge < -0.3 is 14.4 Å². The van der Waals surface area contributed by atoms with Crippen LogP contribution in [0.25, 0.3) is 11.1 Å². The molecule has 4 rings (SSSR count). The van der Waals surface area contributed by atoms with E-state index in [1.165, 1.54) is 17.3 Å². The van der Waals surface area contributed by atoms with Gasteiger partial charge in [-0.25, -0.2) is 0 Å². The summed E-state index contributed by atoms with van der Waals surface area (Å²) in [6.07, 6.45) is -1.87. The standard InChI is InChI=1S/C22H20F3N3O3/c1-13-6-15(14-4-5-18(30-2)19(8-14)31-3)7-16-10-28(21(29)20(13)16)17-9-26-27(11-17)12-22(23,24)25/h4-9,11H,10,12H2,1-3H3. The Bertz CT molecular complexity index is 1150.